The summed E-state index contributed by atoms with van der Waals surface area (Å²) in [7, 11) is 0. The lowest BCUT2D eigenvalue weighted by molar-refractivity contribution is -0.127. The molecule has 170 valence electrons. The van der Waals surface area contributed by atoms with E-state index in [2.05, 4.69) is 65.8 Å². The molecule has 4 aliphatic carbocycles. The van der Waals surface area contributed by atoms with Gasteiger partial charge in [0, 0.05) is 0 Å². The molecule has 1 heteroatoms. The van der Waals surface area contributed by atoms with Crippen LogP contribution in [0, 0.1) is 58.2 Å². The fourth-order valence-corrected chi connectivity index (χ4v) is 9.03. The fourth-order valence-electron chi connectivity index (χ4n) is 9.03. The van der Waals surface area contributed by atoms with Crippen LogP contribution in [0.4, 0.5) is 4.39 Å². The minimum atomic E-state index is -0.587. The monoisotopic (exact) mass is 414 g/mol. The third-order valence-corrected chi connectivity index (χ3v) is 10.9. The van der Waals surface area contributed by atoms with Crippen LogP contribution >= 0.6 is 0 Å². The Bertz CT molecular complexity index is 661. The van der Waals surface area contributed by atoms with Crippen LogP contribution in [-0.2, 0) is 0 Å². The van der Waals surface area contributed by atoms with Gasteiger partial charge < -0.3 is 0 Å². The van der Waals surface area contributed by atoms with E-state index in [9.17, 15) is 0 Å². The molecule has 0 bridgehead atoms. The third kappa shape index (κ3) is 3.55. The van der Waals surface area contributed by atoms with Crippen molar-refractivity contribution >= 4 is 0 Å². The van der Waals surface area contributed by atoms with E-state index in [-0.39, 0.29) is 11.3 Å². The quantitative estimate of drug-likeness (QED) is 0.395. The molecule has 0 radical (unpaired) electrons. The summed E-state index contributed by atoms with van der Waals surface area (Å²) < 4.78 is 15.5. The number of hydrogen-bond acceptors (Lipinski definition) is 0. The second kappa shape index (κ2) is 8.40. The van der Waals surface area contributed by atoms with Crippen molar-refractivity contribution in [2.75, 3.05) is 0 Å². The van der Waals surface area contributed by atoms with Gasteiger partial charge in [-0.25, -0.2) is 4.39 Å². The summed E-state index contributed by atoms with van der Waals surface area (Å²) in [5.41, 5.74) is 0.617. The third-order valence-electron chi connectivity index (χ3n) is 10.9. The highest BCUT2D eigenvalue weighted by molar-refractivity contribution is 5.15. The van der Waals surface area contributed by atoms with Crippen LogP contribution in [0.2, 0.25) is 0 Å². The molecule has 4 rings (SSSR count). The van der Waals surface area contributed by atoms with E-state index in [1.54, 1.807) is 0 Å². The molecular weight excluding hydrogens is 367 g/mol. The zero-order valence-corrected chi connectivity index (χ0v) is 20.5. The summed E-state index contributed by atoms with van der Waals surface area (Å²) in [6.07, 6.45) is 18.7. The number of fused-ring (bicyclic) bond motifs is 5. The van der Waals surface area contributed by atoms with Gasteiger partial charge >= 0.3 is 0 Å². The molecule has 0 unspecified atom stereocenters. The molecule has 0 amide bonds. The van der Waals surface area contributed by atoms with Crippen LogP contribution < -0.4 is 0 Å². The predicted octanol–water partition coefficient (Wildman–Crippen LogP) is 8.63. The molecule has 0 nitrogen and oxygen atoms in total. The van der Waals surface area contributed by atoms with E-state index in [0.29, 0.717) is 23.2 Å². The number of allylic oxidation sites excluding steroid dienone is 4. The minimum Gasteiger partial charge on any atom is -0.247 e. The highest BCUT2D eigenvalue weighted by Gasteiger charge is 2.61. The van der Waals surface area contributed by atoms with Crippen molar-refractivity contribution < 1.29 is 4.39 Å². The maximum Gasteiger partial charge on any atom is 0.104 e. The van der Waals surface area contributed by atoms with Crippen molar-refractivity contribution in [1.82, 2.24) is 0 Å². The van der Waals surface area contributed by atoms with E-state index in [4.69, 9.17) is 0 Å². The summed E-state index contributed by atoms with van der Waals surface area (Å²) >= 11 is 0. The van der Waals surface area contributed by atoms with Crippen LogP contribution in [0.3, 0.4) is 0 Å². The predicted molar refractivity (Wildman–Crippen MR) is 127 cm³/mol. The summed E-state index contributed by atoms with van der Waals surface area (Å²) in [5, 5.41) is 0. The van der Waals surface area contributed by atoms with Crippen molar-refractivity contribution in [2.24, 2.45) is 58.2 Å². The van der Waals surface area contributed by atoms with E-state index in [0.717, 1.165) is 42.9 Å². The molecule has 0 spiro atoms. The zero-order chi connectivity index (χ0) is 21.7. The second-order valence-electron chi connectivity index (χ2n) is 12.4. The first-order chi connectivity index (χ1) is 14.2. The maximum atomic E-state index is 15.5. The highest BCUT2D eigenvalue weighted by atomic mass is 19.1. The molecule has 0 N–H and O–H groups in total. The van der Waals surface area contributed by atoms with Gasteiger partial charge in [-0.3, -0.25) is 0 Å². The Kier molecular flexibility index (Phi) is 6.33. The first kappa shape index (κ1) is 22.6. The van der Waals surface area contributed by atoms with Gasteiger partial charge in [-0.2, -0.15) is 0 Å². The van der Waals surface area contributed by atoms with Crippen molar-refractivity contribution in [3.05, 3.63) is 24.3 Å². The topological polar surface area (TPSA) is 0 Å². The van der Waals surface area contributed by atoms with Gasteiger partial charge in [-0.15, -0.1) is 0 Å². The Morgan fingerprint density at radius 1 is 0.967 bits per heavy atom. The van der Waals surface area contributed by atoms with Crippen LogP contribution in [0.15, 0.2) is 24.3 Å². The maximum absolute atomic E-state index is 15.5. The molecule has 0 saturated heterocycles. The van der Waals surface area contributed by atoms with Crippen molar-refractivity contribution in [1.29, 1.82) is 0 Å². The molecule has 3 fully saturated rings. The van der Waals surface area contributed by atoms with E-state index < -0.39 is 6.17 Å². The van der Waals surface area contributed by atoms with E-state index in [1.165, 1.54) is 32.1 Å². The summed E-state index contributed by atoms with van der Waals surface area (Å²) in [4.78, 5) is 0. The van der Waals surface area contributed by atoms with Gasteiger partial charge in [-0.05, 0) is 110 Å². The normalized spacial score (nSPS) is 47.7. The Labute approximate surface area is 186 Å². The first-order valence-corrected chi connectivity index (χ1v) is 13.2. The minimum absolute atomic E-state index is 0.202. The molecule has 30 heavy (non-hydrogen) atoms. The largest absolute Gasteiger partial charge is 0.247 e. The lowest BCUT2D eigenvalue weighted by Crippen LogP contribution is -2.55. The van der Waals surface area contributed by atoms with Gasteiger partial charge in [0.2, 0.25) is 0 Å². The Hall–Kier alpha value is -0.590. The van der Waals surface area contributed by atoms with Crippen molar-refractivity contribution in [2.45, 2.75) is 99.1 Å². The summed E-state index contributed by atoms with van der Waals surface area (Å²) in [6.45, 7) is 14.5. The van der Waals surface area contributed by atoms with E-state index >= 15 is 4.39 Å². The molecule has 0 aromatic rings. The number of halogens is 1. The van der Waals surface area contributed by atoms with Gasteiger partial charge in [0.15, 0.2) is 0 Å². The SMILES string of the molecule is CC[C@H](/C=C/[C@@H](C)[C@H]1CC[C@H]2[C@@H]3C[C@H](F)[C@H]4CC=CC[C@]4(C)[C@H]3CC[C@]12C)C(C)C. The average molecular weight is 415 g/mol. The molecule has 10 atom stereocenters. The lowest BCUT2D eigenvalue weighted by Gasteiger charge is -2.60. The van der Waals surface area contributed by atoms with Crippen molar-refractivity contribution in [3.8, 4) is 0 Å². The Morgan fingerprint density at radius 2 is 1.70 bits per heavy atom. The van der Waals surface area contributed by atoms with Crippen molar-refractivity contribution in [3.63, 3.8) is 0 Å². The van der Waals surface area contributed by atoms with E-state index in [1.807, 2.05) is 0 Å². The number of hydrogen-bond donors (Lipinski definition) is 0. The molecule has 4 aliphatic rings. The molecule has 0 heterocycles. The van der Waals surface area contributed by atoms with Gasteiger partial charge in [-0.1, -0.05) is 65.8 Å². The average Bonchev–Trinajstić information content (AvgIpc) is 3.05. The van der Waals surface area contributed by atoms with Crippen LogP contribution in [0.5, 0.6) is 0 Å². The Morgan fingerprint density at radius 3 is 2.40 bits per heavy atom. The zero-order valence-electron chi connectivity index (χ0n) is 20.5. The van der Waals surface area contributed by atoms with Crippen LogP contribution in [0.1, 0.15) is 92.9 Å². The van der Waals surface area contributed by atoms with Crippen LogP contribution in [0.25, 0.3) is 0 Å². The molecular formula is C29H47F. The molecule has 0 aromatic carbocycles. The Balaban J connectivity index is 1.53. The summed E-state index contributed by atoms with van der Waals surface area (Å²) in [6, 6.07) is 0. The fraction of sp³-hybridized carbons (Fsp3) is 0.862. The van der Waals surface area contributed by atoms with Gasteiger partial charge in [0.25, 0.3) is 0 Å². The molecule has 3 saturated carbocycles. The highest BCUT2D eigenvalue weighted by Crippen LogP contribution is 2.68. The van der Waals surface area contributed by atoms with Gasteiger partial charge in [0.1, 0.15) is 6.17 Å². The number of rotatable bonds is 5. The van der Waals surface area contributed by atoms with Crippen LogP contribution in [-0.4, -0.2) is 6.17 Å². The lowest BCUT2D eigenvalue weighted by atomic mass is 9.45. The number of alkyl halides is 1. The molecule has 0 aliphatic heterocycles. The standard InChI is InChI=1S/C29H47F/c1-7-21(19(2)3)12-11-20(4)23-13-14-24-22-18-27(30)26-10-8-9-16-28(26,5)25(22)15-17-29(23,24)6/h8-9,11-12,19-27H,7,10,13-18H2,1-6H3/b12-11+/t20-,21-,22+,23-,24+,25+,26-,27+,28-,29-/m1/s1. The smallest absolute Gasteiger partial charge is 0.104 e. The first-order valence-electron chi connectivity index (χ1n) is 13.2. The second-order valence-corrected chi connectivity index (χ2v) is 12.4. The van der Waals surface area contributed by atoms with Gasteiger partial charge in [0.05, 0.1) is 0 Å². The summed E-state index contributed by atoms with van der Waals surface area (Å²) in [5.74, 6) is 5.23. The molecule has 0 aromatic heterocycles.